The molecule has 3 heteroatoms. The van der Waals surface area contributed by atoms with Gasteiger partial charge >= 0.3 is 0 Å². The zero-order chi connectivity index (χ0) is 11.0. The fraction of sp³-hybridized carbons (Fsp3) is 0.583. The van der Waals surface area contributed by atoms with Crippen molar-refractivity contribution in [2.45, 2.75) is 46.0 Å². The molecule has 0 atom stereocenters. The van der Waals surface area contributed by atoms with E-state index in [1.54, 1.807) is 0 Å². The van der Waals surface area contributed by atoms with Crippen molar-refractivity contribution in [3.63, 3.8) is 0 Å². The Labute approximate surface area is 90.7 Å². The Morgan fingerprint density at radius 1 is 1.07 bits per heavy atom. The average Bonchev–Trinajstić information content (AvgIpc) is 2.62. The lowest BCUT2D eigenvalue weighted by atomic mass is 10.0. The lowest BCUT2D eigenvalue weighted by Crippen LogP contribution is -2.06. The van der Waals surface area contributed by atoms with E-state index in [1.807, 2.05) is 6.21 Å². The molecule has 0 fully saturated rings. The Bertz CT molecular complexity index is 406. The van der Waals surface area contributed by atoms with Gasteiger partial charge in [-0.25, -0.2) is 15.0 Å². The minimum atomic E-state index is 0.364. The Hall–Kier alpha value is -1.25. The Morgan fingerprint density at radius 2 is 1.80 bits per heavy atom. The summed E-state index contributed by atoms with van der Waals surface area (Å²) in [5.41, 5.74) is 2.38. The van der Waals surface area contributed by atoms with Crippen LogP contribution >= 0.6 is 0 Å². The van der Waals surface area contributed by atoms with Crippen molar-refractivity contribution in [3.05, 3.63) is 17.1 Å². The smallest absolute Gasteiger partial charge is 0.159 e. The molecule has 0 aromatic carbocycles. The molecule has 2 rings (SSSR count). The molecule has 0 unspecified atom stereocenters. The molecule has 0 spiro atoms. The second-order valence-corrected chi connectivity index (χ2v) is 4.59. The van der Waals surface area contributed by atoms with E-state index in [9.17, 15) is 0 Å². The maximum Gasteiger partial charge on any atom is 0.159 e. The molecule has 80 valence electrons. The molecule has 1 aromatic rings. The summed E-state index contributed by atoms with van der Waals surface area (Å²) >= 11 is 0. The first-order valence-electron chi connectivity index (χ1n) is 5.52. The highest BCUT2D eigenvalue weighted by molar-refractivity contribution is 5.74. The number of hydrogen-bond donors (Lipinski definition) is 0. The molecule has 0 radical (unpaired) electrons. The van der Waals surface area contributed by atoms with E-state index in [0.29, 0.717) is 11.8 Å². The molecule has 0 bridgehead atoms. The van der Waals surface area contributed by atoms with Gasteiger partial charge in [-0.1, -0.05) is 27.7 Å². The summed E-state index contributed by atoms with van der Waals surface area (Å²) < 4.78 is 0. The van der Waals surface area contributed by atoms with Crippen LogP contribution in [0.4, 0.5) is 5.82 Å². The van der Waals surface area contributed by atoms with Crippen LogP contribution in [0.3, 0.4) is 0 Å². The van der Waals surface area contributed by atoms with Crippen molar-refractivity contribution in [2.24, 2.45) is 4.99 Å². The second kappa shape index (κ2) is 3.72. The third-order valence-electron chi connectivity index (χ3n) is 2.61. The van der Waals surface area contributed by atoms with Gasteiger partial charge in [-0.3, -0.25) is 0 Å². The first-order chi connectivity index (χ1) is 7.09. The first kappa shape index (κ1) is 10.3. The average molecular weight is 203 g/mol. The topological polar surface area (TPSA) is 38.1 Å². The standard InChI is InChI=1S/C12H17N3/c1-7(2)10-9-5-6-13-12(9)15-11(14-10)8(3)4/h6-8H,5H2,1-4H3. The van der Waals surface area contributed by atoms with Crippen molar-refractivity contribution in [1.82, 2.24) is 9.97 Å². The quantitative estimate of drug-likeness (QED) is 0.741. The molecule has 0 aliphatic carbocycles. The van der Waals surface area contributed by atoms with E-state index in [1.165, 1.54) is 11.3 Å². The van der Waals surface area contributed by atoms with Crippen LogP contribution in [0.2, 0.25) is 0 Å². The maximum atomic E-state index is 4.65. The summed E-state index contributed by atoms with van der Waals surface area (Å²) in [6.07, 6.45) is 2.82. The second-order valence-electron chi connectivity index (χ2n) is 4.59. The minimum Gasteiger partial charge on any atom is -0.241 e. The van der Waals surface area contributed by atoms with Gasteiger partial charge in [0.05, 0.1) is 5.69 Å². The molecule has 0 saturated carbocycles. The maximum absolute atomic E-state index is 4.65. The summed E-state index contributed by atoms with van der Waals surface area (Å²) in [4.78, 5) is 13.4. The van der Waals surface area contributed by atoms with Gasteiger partial charge in [0.15, 0.2) is 5.82 Å². The van der Waals surface area contributed by atoms with E-state index in [0.717, 1.165) is 18.1 Å². The zero-order valence-electron chi connectivity index (χ0n) is 9.78. The van der Waals surface area contributed by atoms with Gasteiger partial charge in [-0.05, 0) is 5.92 Å². The molecule has 3 nitrogen and oxygen atoms in total. The highest BCUT2D eigenvalue weighted by Crippen LogP contribution is 2.30. The van der Waals surface area contributed by atoms with Crippen molar-refractivity contribution in [2.75, 3.05) is 0 Å². The van der Waals surface area contributed by atoms with E-state index < -0.39 is 0 Å². The van der Waals surface area contributed by atoms with Crippen LogP contribution in [0.5, 0.6) is 0 Å². The molecule has 2 heterocycles. The number of rotatable bonds is 2. The fourth-order valence-electron chi connectivity index (χ4n) is 1.77. The summed E-state index contributed by atoms with van der Waals surface area (Å²) in [5.74, 6) is 2.61. The van der Waals surface area contributed by atoms with Gasteiger partial charge in [0.1, 0.15) is 5.82 Å². The van der Waals surface area contributed by atoms with E-state index in [-0.39, 0.29) is 0 Å². The van der Waals surface area contributed by atoms with Crippen LogP contribution in [0.15, 0.2) is 4.99 Å². The van der Waals surface area contributed by atoms with Crippen LogP contribution in [0.25, 0.3) is 0 Å². The van der Waals surface area contributed by atoms with Crippen LogP contribution in [0, 0.1) is 0 Å². The highest BCUT2D eigenvalue weighted by Gasteiger charge is 2.19. The molecule has 1 aromatic heterocycles. The lowest BCUT2D eigenvalue weighted by Gasteiger charge is -2.13. The van der Waals surface area contributed by atoms with Crippen LogP contribution in [0.1, 0.15) is 56.6 Å². The van der Waals surface area contributed by atoms with Gasteiger partial charge in [-0.2, -0.15) is 0 Å². The molecular formula is C12H17N3. The normalized spacial score (nSPS) is 14.0. The number of aliphatic imine (C=N–C) groups is 1. The van der Waals surface area contributed by atoms with Crippen LogP contribution < -0.4 is 0 Å². The molecule has 0 N–H and O–H groups in total. The number of fused-ring (bicyclic) bond motifs is 1. The summed E-state index contributed by atoms with van der Waals surface area (Å²) in [7, 11) is 0. The van der Waals surface area contributed by atoms with Gasteiger partial charge in [0.2, 0.25) is 0 Å². The number of hydrogen-bond acceptors (Lipinski definition) is 3. The lowest BCUT2D eigenvalue weighted by molar-refractivity contribution is 0.723. The molecular weight excluding hydrogens is 186 g/mol. The van der Waals surface area contributed by atoms with Crippen molar-refractivity contribution in [1.29, 1.82) is 0 Å². The van der Waals surface area contributed by atoms with Crippen molar-refractivity contribution < 1.29 is 0 Å². The van der Waals surface area contributed by atoms with E-state index in [4.69, 9.17) is 0 Å². The third-order valence-corrected chi connectivity index (χ3v) is 2.61. The molecule has 15 heavy (non-hydrogen) atoms. The fourth-order valence-corrected chi connectivity index (χ4v) is 1.77. The predicted molar refractivity (Wildman–Crippen MR) is 62.1 cm³/mol. The van der Waals surface area contributed by atoms with Crippen LogP contribution in [-0.2, 0) is 6.42 Å². The Balaban J connectivity index is 2.56. The minimum absolute atomic E-state index is 0.364. The summed E-state index contributed by atoms with van der Waals surface area (Å²) in [5, 5.41) is 0. The molecule has 0 saturated heterocycles. The van der Waals surface area contributed by atoms with E-state index in [2.05, 4.69) is 42.7 Å². The molecule has 1 aliphatic rings. The number of aromatic nitrogens is 2. The van der Waals surface area contributed by atoms with Gasteiger partial charge < -0.3 is 0 Å². The van der Waals surface area contributed by atoms with Gasteiger partial charge in [0, 0.05) is 24.1 Å². The molecule has 0 amide bonds. The predicted octanol–water partition coefficient (Wildman–Crippen LogP) is 2.98. The zero-order valence-corrected chi connectivity index (χ0v) is 9.78. The SMILES string of the molecule is CC(C)c1nc2c(c(C(C)C)n1)CC=N2. The first-order valence-corrected chi connectivity index (χ1v) is 5.52. The number of nitrogens with zero attached hydrogens (tertiary/aromatic N) is 3. The highest BCUT2D eigenvalue weighted by atomic mass is 15.0. The van der Waals surface area contributed by atoms with Crippen LogP contribution in [-0.4, -0.2) is 16.2 Å². The third kappa shape index (κ3) is 1.78. The van der Waals surface area contributed by atoms with E-state index >= 15 is 0 Å². The Kier molecular flexibility index (Phi) is 2.55. The monoisotopic (exact) mass is 203 g/mol. The van der Waals surface area contributed by atoms with Gasteiger partial charge in [0.25, 0.3) is 0 Å². The van der Waals surface area contributed by atoms with Crippen molar-refractivity contribution in [3.8, 4) is 0 Å². The molecule has 1 aliphatic heterocycles. The summed E-state index contributed by atoms with van der Waals surface area (Å²) in [6.45, 7) is 8.57. The largest absolute Gasteiger partial charge is 0.241 e. The van der Waals surface area contributed by atoms with Crippen molar-refractivity contribution >= 4 is 12.0 Å². The Morgan fingerprint density at radius 3 is 2.40 bits per heavy atom. The van der Waals surface area contributed by atoms with Gasteiger partial charge in [-0.15, -0.1) is 0 Å². The summed E-state index contributed by atoms with van der Waals surface area (Å²) in [6, 6.07) is 0.